The highest BCUT2D eigenvalue weighted by Crippen LogP contribution is 2.21. The zero-order valence-electron chi connectivity index (χ0n) is 16.4. The Labute approximate surface area is 154 Å². The maximum atomic E-state index is 5.71. The molecule has 10 heteroatoms. The maximum absolute atomic E-state index is 5.71. The number of hydrogen-bond donors (Lipinski definition) is 0. The Morgan fingerprint density at radius 3 is 1.69 bits per heavy atom. The van der Waals surface area contributed by atoms with E-state index in [2.05, 4.69) is 15.3 Å². The number of nitrogens with zero attached hydrogens (tertiary/aromatic N) is 4. The molecule has 2 atom stereocenters. The summed E-state index contributed by atoms with van der Waals surface area (Å²) in [5.41, 5.74) is 0. The molecule has 0 spiro atoms. The van der Waals surface area contributed by atoms with Gasteiger partial charge in [0.2, 0.25) is 0 Å². The molecule has 0 aliphatic carbocycles. The van der Waals surface area contributed by atoms with Crippen LogP contribution in [0.1, 0.15) is 37.7 Å². The number of aromatic nitrogens is 3. The molecule has 0 aliphatic heterocycles. The summed E-state index contributed by atoms with van der Waals surface area (Å²) in [5, 5.41) is 12.8. The third kappa shape index (κ3) is 7.06. The van der Waals surface area contributed by atoms with Crippen LogP contribution in [0.5, 0.6) is 0 Å². The van der Waals surface area contributed by atoms with Gasteiger partial charge in [-0.3, -0.25) is 0 Å². The average molecular weight is 374 g/mol. The Balaban J connectivity index is 3.01. The van der Waals surface area contributed by atoms with Crippen molar-refractivity contribution in [1.82, 2.24) is 14.9 Å². The van der Waals surface area contributed by atoms with Gasteiger partial charge in [0.25, 0.3) is 0 Å². The molecule has 1 aromatic rings. The van der Waals surface area contributed by atoms with Crippen LogP contribution >= 0.6 is 0 Å². The van der Waals surface area contributed by atoms with E-state index in [1.807, 2.05) is 13.8 Å². The molecule has 1 aromatic heterocycles. The van der Waals surface area contributed by atoms with Crippen LogP contribution < -0.4 is 0 Å². The molecular weight excluding hydrogens is 344 g/mol. The summed E-state index contributed by atoms with van der Waals surface area (Å²) in [4.78, 5) is 0. The Morgan fingerprint density at radius 2 is 1.31 bits per heavy atom. The fraction of sp³-hybridized carbons (Fsp3) is 0.812. The quantitative estimate of drug-likeness (QED) is 0.272. The molecule has 0 saturated carbocycles. The van der Waals surface area contributed by atoms with Crippen molar-refractivity contribution in [2.75, 3.05) is 54.9 Å². The smallest absolute Gasteiger partial charge is 0.195 e. The van der Waals surface area contributed by atoms with Gasteiger partial charge in [0, 0.05) is 28.4 Å². The van der Waals surface area contributed by atoms with Crippen LogP contribution in [0.25, 0.3) is 0 Å². The van der Waals surface area contributed by atoms with Crippen LogP contribution in [-0.2, 0) is 28.4 Å². The summed E-state index contributed by atoms with van der Waals surface area (Å²) in [6.07, 6.45) is 0.254. The lowest BCUT2D eigenvalue weighted by Gasteiger charge is -2.15. The highest BCUT2D eigenvalue weighted by atomic mass is 16.7. The van der Waals surface area contributed by atoms with Crippen molar-refractivity contribution in [3.63, 3.8) is 0 Å². The molecule has 0 aromatic carbocycles. The fourth-order valence-electron chi connectivity index (χ4n) is 2.03. The van der Waals surface area contributed by atoms with Crippen molar-refractivity contribution in [2.24, 2.45) is 5.10 Å². The van der Waals surface area contributed by atoms with Crippen LogP contribution in [0, 0.1) is 0 Å². The van der Waals surface area contributed by atoms with Crippen molar-refractivity contribution in [1.29, 1.82) is 0 Å². The van der Waals surface area contributed by atoms with Crippen LogP contribution in [-0.4, -0.2) is 82.2 Å². The van der Waals surface area contributed by atoms with Crippen LogP contribution in [0.2, 0.25) is 0 Å². The summed E-state index contributed by atoms with van der Waals surface area (Å²) in [6.45, 7) is 5.58. The average Bonchev–Trinajstić information content (AvgIpc) is 3.07. The van der Waals surface area contributed by atoms with Gasteiger partial charge in [-0.25, -0.2) is 0 Å². The van der Waals surface area contributed by atoms with E-state index in [0.29, 0.717) is 38.1 Å². The standard InChI is InChI=1S/C16H30N4O6/c1-12(25-9-7-21-3)15-18-19-16(13(2)26-10-8-22-4)20(15)17-11-14(23-5)24-6/h11-14H,7-10H2,1-6H3/t12-,13-/m0/s1. The highest BCUT2D eigenvalue weighted by molar-refractivity contribution is 5.61. The van der Waals surface area contributed by atoms with E-state index in [9.17, 15) is 0 Å². The summed E-state index contributed by atoms with van der Waals surface area (Å²) >= 11 is 0. The maximum Gasteiger partial charge on any atom is 0.195 e. The molecule has 1 heterocycles. The lowest BCUT2D eigenvalue weighted by Crippen LogP contribution is -2.18. The Hall–Kier alpha value is -1.43. The normalized spacial score (nSPS) is 14.4. The van der Waals surface area contributed by atoms with E-state index in [-0.39, 0.29) is 12.2 Å². The van der Waals surface area contributed by atoms with Crippen molar-refractivity contribution < 1.29 is 28.4 Å². The molecule has 150 valence electrons. The molecule has 0 unspecified atom stereocenters. The lowest BCUT2D eigenvalue weighted by molar-refractivity contribution is -0.0488. The van der Waals surface area contributed by atoms with E-state index in [0.717, 1.165) is 0 Å². The molecule has 26 heavy (non-hydrogen) atoms. The van der Waals surface area contributed by atoms with E-state index in [4.69, 9.17) is 28.4 Å². The van der Waals surface area contributed by atoms with Gasteiger partial charge in [-0.05, 0) is 13.8 Å². The summed E-state index contributed by atoms with van der Waals surface area (Å²) in [5.74, 6) is 1.08. The number of ether oxygens (including phenoxy) is 6. The monoisotopic (exact) mass is 374 g/mol. The molecule has 0 bridgehead atoms. The second-order valence-electron chi connectivity index (χ2n) is 5.34. The summed E-state index contributed by atoms with van der Waals surface area (Å²) in [7, 11) is 6.30. The van der Waals surface area contributed by atoms with Crippen molar-refractivity contribution in [2.45, 2.75) is 32.3 Å². The number of rotatable bonds is 14. The van der Waals surface area contributed by atoms with Gasteiger partial charge in [-0.2, -0.15) is 9.78 Å². The molecule has 0 fully saturated rings. The van der Waals surface area contributed by atoms with E-state index >= 15 is 0 Å². The van der Waals surface area contributed by atoms with Gasteiger partial charge >= 0.3 is 0 Å². The van der Waals surface area contributed by atoms with E-state index < -0.39 is 6.29 Å². The van der Waals surface area contributed by atoms with Gasteiger partial charge in [0.1, 0.15) is 12.2 Å². The second-order valence-corrected chi connectivity index (χ2v) is 5.34. The fourth-order valence-corrected chi connectivity index (χ4v) is 2.03. The first kappa shape index (κ1) is 22.6. The molecule has 1 rings (SSSR count). The lowest BCUT2D eigenvalue weighted by atomic mass is 10.3. The van der Waals surface area contributed by atoms with Gasteiger partial charge in [-0.15, -0.1) is 10.2 Å². The predicted octanol–water partition coefficient (Wildman–Crippen LogP) is 1.18. The molecule has 0 saturated heterocycles. The topological polar surface area (TPSA) is 98.5 Å². The molecule has 0 amide bonds. The Bertz CT molecular complexity index is 487. The van der Waals surface area contributed by atoms with Crippen LogP contribution in [0.4, 0.5) is 0 Å². The minimum Gasteiger partial charge on any atom is -0.382 e. The minimum absolute atomic E-state index is 0.335. The van der Waals surface area contributed by atoms with Crippen LogP contribution in [0.15, 0.2) is 5.10 Å². The number of methoxy groups -OCH3 is 4. The van der Waals surface area contributed by atoms with E-state index in [1.165, 1.54) is 20.4 Å². The molecule has 0 radical (unpaired) electrons. The molecule has 10 nitrogen and oxygen atoms in total. The molecule has 0 aliphatic rings. The van der Waals surface area contributed by atoms with Gasteiger partial charge < -0.3 is 28.4 Å². The largest absolute Gasteiger partial charge is 0.382 e. The second kappa shape index (κ2) is 12.8. The Morgan fingerprint density at radius 1 is 0.846 bits per heavy atom. The third-order valence-electron chi connectivity index (χ3n) is 3.50. The molecule has 0 N–H and O–H groups in total. The SMILES string of the molecule is COCCO[C@@H](C)c1nnc([C@H](C)OCCOC)n1N=CC(OC)OC. The van der Waals surface area contributed by atoms with Gasteiger partial charge in [0.05, 0.1) is 32.6 Å². The van der Waals surface area contributed by atoms with E-state index in [1.54, 1.807) is 18.9 Å². The third-order valence-corrected chi connectivity index (χ3v) is 3.50. The zero-order chi connectivity index (χ0) is 19.4. The Kier molecular flexibility index (Phi) is 11.2. The van der Waals surface area contributed by atoms with Crippen molar-refractivity contribution >= 4 is 6.21 Å². The van der Waals surface area contributed by atoms with Crippen LogP contribution in [0.3, 0.4) is 0 Å². The molecular formula is C16H30N4O6. The summed E-state index contributed by atoms with van der Waals surface area (Å²) < 4.78 is 33.3. The van der Waals surface area contributed by atoms with Crippen molar-refractivity contribution in [3.8, 4) is 0 Å². The first-order valence-corrected chi connectivity index (χ1v) is 8.35. The zero-order valence-corrected chi connectivity index (χ0v) is 16.4. The summed E-state index contributed by atoms with van der Waals surface area (Å²) in [6, 6.07) is 0. The van der Waals surface area contributed by atoms with Crippen molar-refractivity contribution in [3.05, 3.63) is 11.6 Å². The van der Waals surface area contributed by atoms with Gasteiger partial charge in [0.15, 0.2) is 17.9 Å². The minimum atomic E-state index is -0.590. The first-order valence-electron chi connectivity index (χ1n) is 8.35. The predicted molar refractivity (Wildman–Crippen MR) is 94.2 cm³/mol. The highest BCUT2D eigenvalue weighted by Gasteiger charge is 2.22. The van der Waals surface area contributed by atoms with Gasteiger partial charge in [-0.1, -0.05) is 0 Å². The first-order chi connectivity index (χ1) is 12.6. The number of hydrogen-bond acceptors (Lipinski definition) is 9.